The summed E-state index contributed by atoms with van der Waals surface area (Å²) in [6.45, 7) is 3.51. The Morgan fingerprint density at radius 2 is 1.97 bits per heavy atom. The van der Waals surface area contributed by atoms with E-state index < -0.39 is 17.5 Å². The van der Waals surface area contributed by atoms with Gasteiger partial charge in [0.2, 0.25) is 5.91 Å². The number of nitrogens with one attached hydrogen (secondary N) is 3. The molecule has 3 N–H and O–H groups in total. The lowest BCUT2D eigenvalue weighted by atomic mass is 9.75. The standard InChI is InChI=1S/C23H27N5O4/c1-3-15-7-9-23(10-8-15)21(31)28(22(32)27-23)13-19(30)25-17-6-4-5-16(12-17)20-24-14(2)11-18(29)26-20/h4-6,11-12,15H,3,7-10,13H2,1-2H3,(H,25,30)(H,27,32)(H,24,26,29). The number of amides is 4. The van der Waals surface area contributed by atoms with Gasteiger partial charge in [-0.05, 0) is 50.7 Å². The van der Waals surface area contributed by atoms with Crippen LogP contribution in [0.4, 0.5) is 10.5 Å². The van der Waals surface area contributed by atoms with E-state index in [1.807, 2.05) is 0 Å². The maximum Gasteiger partial charge on any atom is 0.325 e. The van der Waals surface area contributed by atoms with Crippen LogP contribution in [0.25, 0.3) is 11.4 Å². The molecule has 2 aromatic rings. The summed E-state index contributed by atoms with van der Waals surface area (Å²) < 4.78 is 0. The molecule has 0 atom stereocenters. The number of hydrogen-bond donors (Lipinski definition) is 3. The van der Waals surface area contributed by atoms with Gasteiger partial charge in [-0.3, -0.25) is 19.3 Å². The van der Waals surface area contributed by atoms with Gasteiger partial charge in [0.05, 0.1) is 0 Å². The van der Waals surface area contributed by atoms with E-state index in [0.29, 0.717) is 41.5 Å². The Morgan fingerprint density at radius 3 is 2.66 bits per heavy atom. The molecule has 0 bridgehead atoms. The summed E-state index contributed by atoms with van der Waals surface area (Å²) in [7, 11) is 0. The van der Waals surface area contributed by atoms with Gasteiger partial charge in [-0.1, -0.05) is 25.5 Å². The molecular weight excluding hydrogens is 410 g/mol. The molecule has 2 aliphatic rings. The van der Waals surface area contributed by atoms with Crippen molar-refractivity contribution < 1.29 is 14.4 Å². The third kappa shape index (κ3) is 4.28. The molecule has 168 valence electrons. The lowest BCUT2D eigenvalue weighted by molar-refractivity contribution is -0.135. The number of nitrogens with zero attached hydrogens (tertiary/aromatic N) is 2. The van der Waals surface area contributed by atoms with Crippen molar-refractivity contribution in [1.82, 2.24) is 20.2 Å². The van der Waals surface area contributed by atoms with E-state index in [1.54, 1.807) is 31.2 Å². The van der Waals surface area contributed by atoms with Gasteiger partial charge in [-0.2, -0.15) is 0 Å². The minimum Gasteiger partial charge on any atom is -0.325 e. The van der Waals surface area contributed by atoms with Crippen molar-refractivity contribution in [3.63, 3.8) is 0 Å². The van der Waals surface area contributed by atoms with Gasteiger partial charge in [-0.25, -0.2) is 9.78 Å². The van der Waals surface area contributed by atoms with Crippen LogP contribution in [0.15, 0.2) is 35.1 Å². The highest BCUT2D eigenvalue weighted by molar-refractivity contribution is 6.10. The largest absolute Gasteiger partial charge is 0.325 e. The number of urea groups is 1. The monoisotopic (exact) mass is 437 g/mol. The van der Waals surface area contributed by atoms with Crippen LogP contribution in [0.3, 0.4) is 0 Å². The molecule has 1 aromatic carbocycles. The lowest BCUT2D eigenvalue weighted by Crippen LogP contribution is -2.49. The summed E-state index contributed by atoms with van der Waals surface area (Å²) >= 11 is 0. The minimum absolute atomic E-state index is 0.262. The number of aromatic amines is 1. The number of rotatable bonds is 5. The first kappa shape index (κ1) is 21.7. The maximum atomic E-state index is 13.0. The van der Waals surface area contributed by atoms with Gasteiger partial charge in [-0.15, -0.1) is 0 Å². The number of carbonyl (C=O) groups excluding carboxylic acids is 3. The van der Waals surface area contributed by atoms with Crippen LogP contribution < -0.4 is 16.2 Å². The van der Waals surface area contributed by atoms with E-state index in [1.165, 1.54) is 6.07 Å². The first-order valence-corrected chi connectivity index (χ1v) is 10.9. The normalized spacial score (nSPS) is 22.8. The van der Waals surface area contributed by atoms with Gasteiger partial charge < -0.3 is 15.6 Å². The maximum absolute atomic E-state index is 13.0. The Morgan fingerprint density at radius 1 is 1.22 bits per heavy atom. The van der Waals surface area contributed by atoms with Crippen LogP contribution in [-0.2, 0) is 9.59 Å². The molecule has 9 nitrogen and oxygen atoms in total. The van der Waals surface area contributed by atoms with Crippen molar-refractivity contribution in [3.8, 4) is 11.4 Å². The summed E-state index contributed by atoms with van der Waals surface area (Å²) in [5.74, 6) is 0.177. The quantitative estimate of drug-likeness (QED) is 0.620. The Balaban J connectivity index is 1.43. The van der Waals surface area contributed by atoms with Crippen LogP contribution in [0.5, 0.6) is 0 Å². The van der Waals surface area contributed by atoms with E-state index in [0.717, 1.165) is 24.2 Å². The second-order valence-electron chi connectivity index (χ2n) is 8.62. The molecule has 4 rings (SSSR count). The highest BCUT2D eigenvalue weighted by Gasteiger charge is 2.52. The van der Waals surface area contributed by atoms with Crippen molar-refractivity contribution >= 4 is 23.5 Å². The lowest BCUT2D eigenvalue weighted by Gasteiger charge is -2.34. The molecule has 2 heterocycles. The van der Waals surface area contributed by atoms with Crippen LogP contribution in [0, 0.1) is 12.8 Å². The van der Waals surface area contributed by atoms with Gasteiger partial charge in [0, 0.05) is 23.0 Å². The summed E-state index contributed by atoms with van der Waals surface area (Å²) in [5.41, 5.74) is 0.555. The second kappa shape index (κ2) is 8.57. The number of H-pyrrole nitrogens is 1. The Hall–Kier alpha value is -3.49. The summed E-state index contributed by atoms with van der Waals surface area (Å²) in [6.07, 6.45) is 4.07. The molecule has 1 saturated heterocycles. The zero-order valence-electron chi connectivity index (χ0n) is 18.2. The van der Waals surface area contributed by atoms with E-state index in [-0.39, 0.29) is 18.0 Å². The molecule has 9 heteroatoms. The van der Waals surface area contributed by atoms with Crippen molar-refractivity contribution in [2.24, 2.45) is 5.92 Å². The Labute approximate surface area is 185 Å². The molecule has 1 aliphatic carbocycles. The first-order chi connectivity index (χ1) is 15.3. The average molecular weight is 438 g/mol. The van der Waals surface area contributed by atoms with Gasteiger partial charge >= 0.3 is 6.03 Å². The smallest absolute Gasteiger partial charge is 0.325 e. The van der Waals surface area contributed by atoms with Crippen molar-refractivity contribution in [1.29, 1.82) is 0 Å². The topological polar surface area (TPSA) is 124 Å². The third-order valence-corrected chi connectivity index (χ3v) is 6.37. The fourth-order valence-corrected chi connectivity index (χ4v) is 4.54. The van der Waals surface area contributed by atoms with E-state index in [2.05, 4.69) is 27.5 Å². The van der Waals surface area contributed by atoms with Crippen molar-refractivity contribution in [3.05, 3.63) is 46.4 Å². The molecule has 1 aliphatic heterocycles. The predicted molar refractivity (Wildman–Crippen MR) is 119 cm³/mol. The molecule has 0 radical (unpaired) electrons. The van der Waals surface area contributed by atoms with E-state index in [9.17, 15) is 19.2 Å². The van der Waals surface area contributed by atoms with E-state index >= 15 is 0 Å². The number of anilines is 1. The fourth-order valence-electron chi connectivity index (χ4n) is 4.54. The molecule has 32 heavy (non-hydrogen) atoms. The summed E-state index contributed by atoms with van der Waals surface area (Å²) in [4.78, 5) is 57.8. The number of imide groups is 1. The third-order valence-electron chi connectivity index (χ3n) is 6.37. The number of aryl methyl sites for hydroxylation is 1. The second-order valence-corrected chi connectivity index (χ2v) is 8.62. The van der Waals surface area contributed by atoms with E-state index in [4.69, 9.17) is 0 Å². The van der Waals surface area contributed by atoms with Crippen LogP contribution in [0.2, 0.25) is 0 Å². The molecule has 4 amide bonds. The number of aromatic nitrogens is 2. The molecular formula is C23H27N5O4. The van der Waals surface area contributed by atoms with Gasteiger partial charge in [0.1, 0.15) is 17.9 Å². The Bertz CT molecular complexity index is 1120. The number of hydrogen-bond acceptors (Lipinski definition) is 5. The Kier molecular flexibility index (Phi) is 5.82. The van der Waals surface area contributed by atoms with Crippen LogP contribution in [0.1, 0.15) is 44.7 Å². The average Bonchev–Trinajstić information content (AvgIpc) is 2.98. The highest BCUT2D eigenvalue weighted by atomic mass is 16.2. The zero-order chi connectivity index (χ0) is 22.9. The SMILES string of the molecule is CCC1CCC2(CC1)NC(=O)N(CC(=O)Nc1cccc(-c3nc(C)cc(=O)[nH]3)c1)C2=O. The van der Waals surface area contributed by atoms with Crippen molar-refractivity contribution in [2.45, 2.75) is 51.5 Å². The molecule has 1 spiro atoms. The summed E-state index contributed by atoms with van der Waals surface area (Å²) in [5, 5.41) is 5.56. The molecule has 2 fully saturated rings. The molecule has 0 unspecified atom stereocenters. The van der Waals surface area contributed by atoms with Crippen LogP contribution >= 0.6 is 0 Å². The highest BCUT2D eigenvalue weighted by Crippen LogP contribution is 2.37. The molecule has 1 aromatic heterocycles. The predicted octanol–water partition coefficient (Wildman–Crippen LogP) is 2.57. The number of carbonyl (C=O) groups is 3. The number of benzene rings is 1. The van der Waals surface area contributed by atoms with Crippen LogP contribution in [-0.4, -0.2) is 44.8 Å². The van der Waals surface area contributed by atoms with Gasteiger partial charge in [0.25, 0.3) is 11.5 Å². The van der Waals surface area contributed by atoms with Crippen molar-refractivity contribution in [2.75, 3.05) is 11.9 Å². The zero-order valence-corrected chi connectivity index (χ0v) is 18.2. The fraction of sp³-hybridized carbons (Fsp3) is 0.435. The minimum atomic E-state index is -0.869. The molecule has 1 saturated carbocycles. The summed E-state index contributed by atoms with van der Waals surface area (Å²) in [6, 6.07) is 7.73. The first-order valence-electron chi connectivity index (χ1n) is 10.9. The van der Waals surface area contributed by atoms with Gasteiger partial charge in [0.15, 0.2) is 0 Å².